The molecule has 0 bridgehead atoms. The molecule has 2 aliphatic rings. The summed E-state index contributed by atoms with van der Waals surface area (Å²) in [6, 6.07) is 9.80. The highest BCUT2D eigenvalue weighted by Crippen LogP contribution is 2.24. The summed E-state index contributed by atoms with van der Waals surface area (Å²) < 4.78 is 0. The van der Waals surface area contributed by atoms with Gasteiger partial charge >= 0.3 is 0 Å². The summed E-state index contributed by atoms with van der Waals surface area (Å²) in [5.74, 6) is 0. The van der Waals surface area contributed by atoms with Crippen molar-refractivity contribution in [2.45, 2.75) is 38.1 Å². The smallest absolute Gasteiger partial charge is 0.0139 e. The first kappa shape index (κ1) is 12.2. The average molecular weight is 244 g/mol. The molecule has 1 aliphatic heterocycles. The minimum atomic E-state index is 0.790. The van der Waals surface area contributed by atoms with Crippen molar-refractivity contribution < 1.29 is 0 Å². The molecule has 1 aromatic rings. The van der Waals surface area contributed by atoms with Gasteiger partial charge in [-0.25, -0.2) is 0 Å². The maximum atomic E-state index is 3.50. The first-order valence-electron chi connectivity index (χ1n) is 7.45. The van der Waals surface area contributed by atoms with Gasteiger partial charge in [0, 0.05) is 6.04 Å². The molecular formula is C16H24N2. The molecule has 1 unspecified atom stereocenters. The van der Waals surface area contributed by atoms with Crippen LogP contribution in [0.3, 0.4) is 0 Å². The molecular weight excluding hydrogens is 220 g/mol. The van der Waals surface area contributed by atoms with Crippen LogP contribution in [0.15, 0.2) is 24.3 Å². The van der Waals surface area contributed by atoms with Crippen molar-refractivity contribution in [3.05, 3.63) is 35.4 Å². The molecule has 1 heterocycles. The monoisotopic (exact) mass is 244 g/mol. The summed E-state index contributed by atoms with van der Waals surface area (Å²) in [6.07, 6.45) is 6.50. The summed E-state index contributed by atoms with van der Waals surface area (Å²) in [5, 5.41) is 3.50. The molecule has 0 saturated carbocycles. The standard InChI is InChI=1S/C16H24N2/c1-2-6-15-13-16(8-7-14(15)5-1)18-11-3-9-17-10-4-12-18/h1-2,5-6,16-17H,3-4,7-13H2. The van der Waals surface area contributed by atoms with E-state index in [1.165, 1.54) is 58.3 Å². The van der Waals surface area contributed by atoms with Crippen molar-refractivity contribution in [2.24, 2.45) is 0 Å². The van der Waals surface area contributed by atoms with Gasteiger partial charge in [-0.15, -0.1) is 0 Å². The summed E-state index contributed by atoms with van der Waals surface area (Å²) in [6.45, 7) is 4.94. The molecule has 1 saturated heterocycles. The van der Waals surface area contributed by atoms with Gasteiger partial charge in [-0.3, -0.25) is 4.90 Å². The maximum Gasteiger partial charge on any atom is 0.0139 e. The molecule has 0 spiro atoms. The van der Waals surface area contributed by atoms with E-state index < -0.39 is 0 Å². The van der Waals surface area contributed by atoms with E-state index in [9.17, 15) is 0 Å². The third-order valence-electron chi connectivity index (χ3n) is 4.43. The van der Waals surface area contributed by atoms with E-state index in [-0.39, 0.29) is 0 Å². The fourth-order valence-corrected chi connectivity index (χ4v) is 3.41. The Morgan fingerprint density at radius 3 is 2.50 bits per heavy atom. The van der Waals surface area contributed by atoms with E-state index in [2.05, 4.69) is 34.5 Å². The minimum absolute atomic E-state index is 0.790. The highest BCUT2D eigenvalue weighted by atomic mass is 15.2. The summed E-state index contributed by atoms with van der Waals surface area (Å²) in [7, 11) is 0. The number of hydrogen-bond acceptors (Lipinski definition) is 2. The van der Waals surface area contributed by atoms with Crippen molar-refractivity contribution in [2.75, 3.05) is 26.2 Å². The number of nitrogens with zero attached hydrogens (tertiary/aromatic N) is 1. The fourth-order valence-electron chi connectivity index (χ4n) is 3.41. The van der Waals surface area contributed by atoms with Crippen molar-refractivity contribution in [1.82, 2.24) is 10.2 Å². The molecule has 1 aromatic carbocycles. The second-order valence-electron chi connectivity index (χ2n) is 5.66. The Bertz CT molecular complexity index is 380. The van der Waals surface area contributed by atoms with Crippen LogP contribution in [0.4, 0.5) is 0 Å². The van der Waals surface area contributed by atoms with Crippen molar-refractivity contribution in [3.8, 4) is 0 Å². The Balaban J connectivity index is 1.66. The third-order valence-corrected chi connectivity index (χ3v) is 4.43. The Morgan fingerprint density at radius 1 is 1.00 bits per heavy atom. The third kappa shape index (κ3) is 2.76. The van der Waals surface area contributed by atoms with Gasteiger partial charge in [-0.05, 0) is 69.4 Å². The first-order valence-corrected chi connectivity index (χ1v) is 7.45. The number of rotatable bonds is 1. The van der Waals surface area contributed by atoms with Gasteiger partial charge in [0.25, 0.3) is 0 Å². The zero-order valence-electron chi connectivity index (χ0n) is 11.2. The molecule has 98 valence electrons. The van der Waals surface area contributed by atoms with Crippen LogP contribution in [0.5, 0.6) is 0 Å². The second kappa shape index (κ2) is 5.85. The quantitative estimate of drug-likeness (QED) is 0.815. The van der Waals surface area contributed by atoms with E-state index >= 15 is 0 Å². The fraction of sp³-hybridized carbons (Fsp3) is 0.625. The highest BCUT2D eigenvalue weighted by molar-refractivity contribution is 5.30. The molecule has 1 aliphatic carbocycles. The average Bonchev–Trinajstić information content (AvgIpc) is 2.38. The lowest BCUT2D eigenvalue weighted by Gasteiger charge is -2.36. The summed E-state index contributed by atoms with van der Waals surface area (Å²) in [5.41, 5.74) is 3.18. The van der Waals surface area contributed by atoms with Gasteiger partial charge in [0.15, 0.2) is 0 Å². The lowest BCUT2D eigenvalue weighted by molar-refractivity contribution is 0.168. The zero-order chi connectivity index (χ0) is 12.2. The van der Waals surface area contributed by atoms with Gasteiger partial charge < -0.3 is 5.32 Å². The first-order chi connectivity index (χ1) is 8.93. The molecule has 1 N–H and O–H groups in total. The number of fused-ring (bicyclic) bond motifs is 1. The van der Waals surface area contributed by atoms with E-state index in [1.807, 2.05) is 0 Å². The van der Waals surface area contributed by atoms with Gasteiger partial charge in [0.2, 0.25) is 0 Å². The molecule has 0 radical (unpaired) electrons. The van der Waals surface area contributed by atoms with Crippen LogP contribution in [0, 0.1) is 0 Å². The van der Waals surface area contributed by atoms with Gasteiger partial charge in [-0.1, -0.05) is 24.3 Å². The van der Waals surface area contributed by atoms with E-state index in [4.69, 9.17) is 0 Å². The van der Waals surface area contributed by atoms with Crippen LogP contribution < -0.4 is 5.32 Å². The van der Waals surface area contributed by atoms with Crippen LogP contribution >= 0.6 is 0 Å². The predicted octanol–water partition coefficient (Wildman–Crippen LogP) is 2.23. The Labute approximate surface area is 110 Å². The van der Waals surface area contributed by atoms with Crippen LogP contribution in [-0.2, 0) is 12.8 Å². The van der Waals surface area contributed by atoms with Crippen LogP contribution in [-0.4, -0.2) is 37.1 Å². The predicted molar refractivity (Wildman–Crippen MR) is 75.9 cm³/mol. The molecule has 18 heavy (non-hydrogen) atoms. The summed E-state index contributed by atoms with van der Waals surface area (Å²) in [4.78, 5) is 2.75. The number of hydrogen-bond donors (Lipinski definition) is 1. The molecule has 3 rings (SSSR count). The van der Waals surface area contributed by atoms with Crippen LogP contribution in [0.25, 0.3) is 0 Å². The van der Waals surface area contributed by atoms with Crippen LogP contribution in [0.1, 0.15) is 30.4 Å². The molecule has 1 fully saturated rings. The number of aryl methyl sites for hydroxylation is 1. The highest BCUT2D eigenvalue weighted by Gasteiger charge is 2.23. The van der Waals surface area contributed by atoms with Crippen molar-refractivity contribution >= 4 is 0 Å². The molecule has 2 nitrogen and oxygen atoms in total. The van der Waals surface area contributed by atoms with Crippen molar-refractivity contribution in [3.63, 3.8) is 0 Å². The Hall–Kier alpha value is -0.860. The molecule has 1 atom stereocenters. The lowest BCUT2D eigenvalue weighted by Crippen LogP contribution is -2.43. The Kier molecular flexibility index (Phi) is 3.96. The minimum Gasteiger partial charge on any atom is -0.317 e. The summed E-state index contributed by atoms with van der Waals surface area (Å²) >= 11 is 0. The topological polar surface area (TPSA) is 15.3 Å². The zero-order valence-corrected chi connectivity index (χ0v) is 11.2. The van der Waals surface area contributed by atoms with E-state index in [1.54, 1.807) is 11.1 Å². The van der Waals surface area contributed by atoms with Gasteiger partial charge in [0.05, 0.1) is 0 Å². The molecule has 0 amide bonds. The largest absolute Gasteiger partial charge is 0.317 e. The lowest BCUT2D eigenvalue weighted by atomic mass is 9.87. The number of benzene rings is 1. The molecule has 2 heteroatoms. The SMILES string of the molecule is c1ccc2c(c1)CCC(N1CCCNCCC1)C2. The van der Waals surface area contributed by atoms with Crippen molar-refractivity contribution in [1.29, 1.82) is 0 Å². The molecule has 0 aromatic heterocycles. The normalized spacial score (nSPS) is 26.1. The number of nitrogens with one attached hydrogen (secondary N) is 1. The Morgan fingerprint density at radius 2 is 1.72 bits per heavy atom. The maximum absolute atomic E-state index is 3.50. The van der Waals surface area contributed by atoms with Crippen LogP contribution in [0.2, 0.25) is 0 Å². The van der Waals surface area contributed by atoms with E-state index in [0.717, 1.165) is 6.04 Å². The van der Waals surface area contributed by atoms with Gasteiger partial charge in [-0.2, -0.15) is 0 Å². The van der Waals surface area contributed by atoms with Gasteiger partial charge in [0.1, 0.15) is 0 Å². The van der Waals surface area contributed by atoms with E-state index in [0.29, 0.717) is 0 Å². The second-order valence-corrected chi connectivity index (χ2v) is 5.66.